The van der Waals surface area contributed by atoms with Gasteiger partial charge in [-0.3, -0.25) is 0 Å². The lowest BCUT2D eigenvalue weighted by Crippen LogP contribution is -2.70. The largest absolute Gasteiger partial charge is 0.479 e. The Bertz CT molecular complexity index is 1370. The number of hydrogen-bond acceptors (Lipinski definition) is 26. The molecule has 1 unspecified atom stereocenters. The molecule has 0 amide bonds. The van der Waals surface area contributed by atoms with Crippen LogP contribution in [0.3, 0.4) is 0 Å². The van der Waals surface area contributed by atoms with E-state index < -0.39 is 185 Å². The summed E-state index contributed by atoms with van der Waals surface area (Å²) >= 11 is 0. The van der Waals surface area contributed by atoms with Crippen molar-refractivity contribution >= 4 is 11.9 Å². The van der Waals surface area contributed by atoms with Gasteiger partial charge in [-0.25, -0.2) is 9.59 Å². The Kier molecular flexibility index (Phi) is 15.7. The fourth-order valence-electron chi connectivity index (χ4n) is 7.09. The van der Waals surface area contributed by atoms with E-state index in [0.29, 0.717) is 0 Å². The highest BCUT2D eigenvalue weighted by Gasteiger charge is 2.57. The molecule has 0 spiro atoms. The topological polar surface area (TPSA) is 478 Å². The lowest BCUT2D eigenvalue weighted by Gasteiger charge is -2.49. The van der Waals surface area contributed by atoms with Gasteiger partial charge in [0.25, 0.3) is 0 Å². The van der Waals surface area contributed by atoms with Gasteiger partial charge in [0.2, 0.25) is 0 Å². The third-order valence-electron chi connectivity index (χ3n) is 10.5. The molecule has 5 rings (SSSR count). The van der Waals surface area contributed by atoms with E-state index in [9.17, 15) is 81.1 Å². The van der Waals surface area contributed by atoms with Crippen molar-refractivity contribution in [2.75, 3.05) is 19.8 Å². The molecule has 5 fully saturated rings. The lowest BCUT2D eigenvalue weighted by atomic mass is 9.94. The van der Waals surface area contributed by atoms with Crippen LogP contribution in [-0.4, -0.2) is 257 Å². The summed E-state index contributed by atoms with van der Waals surface area (Å²) < 4.78 is 48.8. The first kappa shape index (κ1) is 47.0. The Hall–Kier alpha value is -2.02. The summed E-state index contributed by atoms with van der Waals surface area (Å²) in [6.45, 7) is -2.71. The number of aliphatic hydroxyl groups excluding tert-OH is 12. The molecule has 0 aromatic heterocycles. The molecule has 5 aliphatic heterocycles. The molecule has 0 saturated carbocycles. The smallest absolute Gasteiger partial charge is 0.335 e. The molecule has 28 nitrogen and oxygen atoms in total. The minimum absolute atomic E-state index is 0.828. The average Bonchev–Trinajstić information content (AvgIpc) is 3.19. The zero-order chi connectivity index (χ0) is 43.1. The van der Waals surface area contributed by atoms with E-state index in [4.69, 9.17) is 59.8 Å². The van der Waals surface area contributed by atoms with Gasteiger partial charge in [0.15, 0.2) is 43.7 Å². The minimum atomic E-state index is -2.21. The number of carboxylic acid groups (broad SMARTS) is 2. The van der Waals surface area contributed by atoms with Crippen LogP contribution in [0.5, 0.6) is 0 Å². The van der Waals surface area contributed by atoms with E-state index in [-0.39, 0.29) is 0 Å². The normalized spacial score (nSPS) is 51.6. The molecule has 0 aliphatic carbocycles. The summed E-state index contributed by atoms with van der Waals surface area (Å²) in [5.74, 6) is -3.61. The van der Waals surface area contributed by atoms with Crippen LogP contribution in [0.25, 0.3) is 0 Å². The third kappa shape index (κ3) is 9.25. The molecule has 25 atom stereocenters. The first-order valence-corrected chi connectivity index (χ1v) is 17.8. The van der Waals surface area contributed by atoms with Crippen molar-refractivity contribution in [2.45, 2.75) is 153 Å². The molecule has 58 heavy (non-hydrogen) atoms. The van der Waals surface area contributed by atoms with Crippen molar-refractivity contribution in [2.24, 2.45) is 17.2 Å². The quantitative estimate of drug-likeness (QED) is 0.0818. The fourth-order valence-corrected chi connectivity index (χ4v) is 7.09. The maximum atomic E-state index is 12.3. The van der Waals surface area contributed by atoms with Crippen LogP contribution < -0.4 is 17.2 Å². The van der Waals surface area contributed by atoms with Gasteiger partial charge in [0.1, 0.15) is 91.6 Å². The molecule has 5 heterocycles. The predicted octanol–water partition coefficient (Wildman–Crippen LogP) is -11.8. The molecular weight excluding hydrogens is 802 g/mol. The summed E-state index contributed by atoms with van der Waals surface area (Å²) in [5, 5.41) is 145. The van der Waals surface area contributed by atoms with E-state index in [2.05, 4.69) is 0 Å². The molecule has 0 bridgehead atoms. The molecule has 5 aliphatic rings. The molecule has 28 heteroatoms. The lowest BCUT2D eigenvalue weighted by molar-refractivity contribution is -0.374. The summed E-state index contributed by atoms with van der Waals surface area (Å²) in [5.41, 5.74) is 17.7. The minimum Gasteiger partial charge on any atom is -0.479 e. The Balaban J connectivity index is 1.26. The predicted molar refractivity (Wildman–Crippen MR) is 174 cm³/mol. The third-order valence-corrected chi connectivity index (χ3v) is 10.5. The highest BCUT2D eigenvalue weighted by Crippen LogP contribution is 2.35. The number of carbonyl (C=O) groups is 2. The molecule has 0 radical (unpaired) electrons. The van der Waals surface area contributed by atoms with Crippen LogP contribution >= 0.6 is 0 Å². The van der Waals surface area contributed by atoms with Gasteiger partial charge in [-0.1, -0.05) is 0 Å². The van der Waals surface area contributed by atoms with Gasteiger partial charge >= 0.3 is 11.9 Å². The average molecular weight is 854 g/mol. The Morgan fingerprint density at radius 1 is 0.414 bits per heavy atom. The summed E-state index contributed by atoms with van der Waals surface area (Å²) in [6, 6.07) is -4.81. The highest BCUT2D eigenvalue weighted by molar-refractivity contribution is 5.74. The Labute approximate surface area is 326 Å². The van der Waals surface area contributed by atoms with E-state index >= 15 is 0 Å². The Morgan fingerprint density at radius 3 is 1.19 bits per heavy atom. The van der Waals surface area contributed by atoms with Crippen LogP contribution in [0.2, 0.25) is 0 Å². The van der Waals surface area contributed by atoms with Gasteiger partial charge in [0, 0.05) is 0 Å². The standard InChI is InChI=1S/C30H51N3O25/c31-7-12(39)18(5(2-35)50-26(7)49)53-29-16(43)15(42)21(23(57-29)25(47)48)56-28-9(33)13(40)19(6(3-36)52-28)54-30-17(44)14(41)20(22(58-30)24(45)46)55-27-8(32)11(38)10(37)4(1-34)51-27/h4-23,26-30,34-44,49H,1-3,31-33H2,(H,45,46)(H,47,48)/t4-,5-,6-,7-,8-,9-,10-,11-,12-,13-,14-,15-,16-,17-,18-,19-,20+,21+,22+,23-,26?,27-,28-,29-,30-/m1/s1. The number of hydrogen-bond donors (Lipinski definition) is 17. The van der Waals surface area contributed by atoms with Crippen molar-refractivity contribution in [3.8, 4) is 0 Å². The van der Waals surface area contributed by atoms with Gasteiger partial charge < -0.3 is 131 Å². The summed E-state index contributed by atoms with van der Waals surface area (Å²) in [7, 11) is 0. The maximum Gasteiger partial charge on any atom is 0.335 e. The second kappa shape index (κ2) is 19.4. The monoisotopic (exact) mass is 853 g/mol. The second-order valence-electron chi connectivity index (χ2n) is 14.3. The Morgan fingerprint density at radius 2 is 0.776 bits per heavy atom. The molecular formula is C30H51N3O25. The van der Waals surface area contributed by atoms with Crippen molar-refractivity contribution < 1.29 is 124 Å². The maximum absolute atomic E-state index is 12.3. The first-order chi connectivity index (χ1) is 27.3. The number of nitrogens with two attached hydrogens (primary N) is 3. The van der Waals surface area contributed by atoms with Crippen molar-refractivity contribution in [3.63, 3.8) is 0 Å². The van der Waals surface area contributed by atoms with E-state index in [1.807, 2.05) is 0 Å². The number of aliphatic hydroxyl groups is 12. The first-order valence-electron chi connectivity index (χ1n) is 17.8. The SMILES string of the molecule is N[C@H]1[C@@H](O[C@H]2[C@H](O)[C@@H](O)[C@H](O[C@H]3[C@H](O)[C@@H](N)[C@@H](O[C@H]4[C@H](O)[C@@H](O)[C@H](O[C@H]5[C@H](O)[C@@H](N)C(O)O[C@@H]5CO)O[C@H]4C(=O)O)O[C@@H]3CO)O[C@@H]2C(=O)O)O[C@H](CO)[C@@H](O)[C@@H]1O. The highest BCUT2D eigenvalue weighted by atomic mass is 16.8. The zero-order valence-electron chi connectivity index (χ0n) is 30.0. The van der Waals surface area contributed by atoms with Crippen molar-refractivity contribution in [1.29, 1.82) is 0 Å². The number of rotatable bonds is 13. The van der Waals surface area contributed by atoms with E-state index in [1.54, 1.807) is 0 Å². The number of aliphatic carboxylic acids is 2. The van der Waals surface area contributed by atoms with Crippen molar-refractivity contribution in [1.82, 2.24) is 0 Å². The fraction of sp³-hybridized carbons (Fsp3) is 0.933. The van der Waals surface area contributed by atoms with Crippen molar-refractivity contribution in [3.05, 3.63) is 0 Å². The second-order valence-corrected chi connectivity index (χ2v) is 14.3. The van der Waals surface area contributed by atoms with Gasteiger partial charge in [-0.2, -0.15) is 0 Å². The van der Waals surface area contributed by atoms with Crippen LogP contribution in [0.4, 0.5) is 0 Å². The van der Waals surface area contributed by atoms with Crippen LogP contribution in [-0.2, 0) is 52.2 Å². The molecule has 336 valence electrons. The summed E-state index contributed by atoms with van der Waals surface area (Å²) in [6.07, 6.45) is -42.1. The van der Waals surface area contributed by atoms with Gasteiger partial charge in [-0.15, -0.1) is 0 Å². The zero-order valence-corrected chi connectivity index (χ0v) is 30.0. The van der Waals surface area contributed by atoms with E-state index in [0.717, 1.165) is 0 Å². The molecule has 0 aromatic carbocycles. The van der Waals surface area contributed by atoms with Crippen LogP contribution in [0, 0.1) is 0 Å². The van der Waals surface area contributed by atoms with Gasteiger partial charge in [-0.05, 0) is 0 Å². The molecule has 5 saturated heterocycles. The number of carboxylic acids is 2. The molecule has 0 aromatic rings. The van der Waals surface area contributed by atoms with Crippen LogP contribution in [0.1, 0.15) is 0 Å². The van der Waals surface area contributed by atoms with Gasteiger partial charge in [0.05, 0.1) is 37.9 Å². The van der Waals surface area contributed by atoms with E-state index in [1.165, 1.54) is 0 Å². The summed E-state index contributed by atoms with van der Waals surface area (Å²) in [4.78, 5) is 24.6. The number of ether oxygens (including phenoxy) is 9. The van der Waals surface area contributed by atoms with Crippen LogP contribution in [0.15, 0.2) is 0 Å². The molecule has 20 N–H and O–H groups in total.